The number of sulfone groups is 1. The molecular formula is C38H67N5O7S. The molecule has 1 heterocycles. The van der Waals surface area contributed by atoms with Crippen LogP contribution in [-0.4, -0.2) is 90.1 Å². The van der Waals surface area contributed by atoms with Crippen molar-refractivity contribution in [2.75, 3.05) is 18.8 Å². The Hall–Kier alpha value is -2.70. The quantitative estimate of drug-likeness (QED) is 0.186. The summed E-state index contributed by atoms with van der Waals surface area (Å²) < 4.78 is 25.8. The fraction of sp³-hybridized carbons (Fsp3) is 0.868. The van der Waals surface area contributed by atoms with E-state index in [0.29, 0.717) is 38.6 Å². The van der Waals surface area contributed by atoms with E-state index in [-0.39, 0.29) is 41.9 Å². The predicted molar refractivity (Wildman–Crippen MR) is 200 cm³/mol. The average Bonchev–Trinajstić information content (AvgIpc) is 3.06. The van der Waals surface area contributed by atoms with E-state index in [2.05, 4.69) is 35.1 Å². The van der Waals surface area contributed by atoms with E-state index < -0.39 is 61.9 Å². The summed E-state index contributed by atoms with van der Waals surface area (Å²) in [5.74, 6) is -2.56. The molecule has 4 N–H and O–H groups in total. The molecule has 5 amide bonds. The number of urea groups is 1. The lowest BCUT2D eigenvalue weighted by Gasteiger charge is -2.48. The summed E-state index contributed by atoms with van der Waals surface area (Å²) in [6.07, 6.45) is 9.84. The number of hydrogen-bond donors (Lipinski definition) is 4. The van der Waals surface area contributed by atoms with E-state index in [1.54, 1.807) is 25.7 Å². The van der Waals surface area contributed by atoms with Gasteiger partial charge in [0, 0.05) is 13.1 Å². The molecule has 51 heavy (non-hydrogen) atoms. The van der Waals surface area contributed by atoms with E-state index in [4.69, 9.17) is 0 Å². The molecule has 2 saturated carbocycles. The molecule has 1 saturated heterocycles. The van der Waals surface area contributed by atoms with Crippen LogP contribution in [0.5, 0.6) is 0 Å². The van der Waals surface area contributed by atoms with Crippen LogP contribution < -0.4 is 21.3 Å². The first-order chi connectivity index (χ1) is 23.8. The van der Waals surface area contributed by atoms with E-state index in [1.807, 2.05) is 20.8 Å². The second kappa shape index (κ2) is 17.9. The van der Waals surface area contributed by atoms with Gasteiger partial charge in [-0.2, -0.15) is 0 Å². The van der Waals surface area contributed by atoms with Gasteiger partial charge < -0.3 is 26.2 Å². The molecule has 13 heteroatoms. The molecule has 12 nitrogen and oxygen atoms in total. The van der Waals surface area contributed by atoms with Crippen LogP contribution in [0.4, 0.5) is 4.79 Å². The van der Waals surface area contributed by atoms with Crippen LogP contribution >= 0.6 is 0 Å². The Morgan fingerprint density at radius 3 is 2.06 bits per heavy atom. The molecule has 0 spiro atoms. The Labute approximate surface area is 307 Å². The minimum absolute atomic E-state index is 0.0346. The van der Waals surface area contributed by atoms with Crippen molar-refractivity contribution in [2.45, 2.75) is 174 Å². The number of piperidine rings is 1. The number of ketones is 1. The largest absolute Gasteiger partial charge is 0.349 e. The maximum Gasteiger partial charge on any atom is 0.315 e. The van der Waals surface area contributed by atoms with Crippen molar-refractivity contribution in [3.8, 4) is 0 Å². The monoisotopic (exact) mass is 737 g/mol. The summed E-state index contributed by atoms with van der Waals surface area (Å²) in [6.45, 7) is 15.6. The van der Waals surface area contributed by atoms with Gasteiger partial charge in [-0.25, -0.2) is 13.2 Å². The van der Waals surface area contributed by atoms with Gasteiger partial charge in [0.1, 0.15) is 12.1 Å². The van der Waals surface area contributed by atoms with E-state index in [1.165, 1.54) is 0 Å². The number of nitrogens with one attached hydrogen (secondary N) is 4. The van der Waals surface area contributed by atoms with Crippen LogP contribution in [0.1, 0.15) is 145 Å². The van der Waals surface area contributed by atoms with Gasteiger partial charge in [0.25, 0.3) is 5.91 Å². The second-order valence-electron chi connectivity index (χ2n) is 17.3. The molecule has 2 unspecified atom stereocenters. The van der Waals surface area contributed by atoms with Crippen LogP contribution in [-0.2, 0) is 29.0 Å². The highest BCUT2D eigenvalue weighted by Crippen LogP contribution is 2.40. The molecule has 3 rings (SSSR count). The van der Waals surface area contributed by atoms with Gasteiger partial charge in [0.2, 0.25) is 17.6 Å². The highest BCUT2D eigenvalue weighted by molar-refractivity contribution is 7.92. The lowest BCUT2D eigenvalue weighted by atomic mass is 9.71. The number of Topliss-reactive ketones (excluding diaryl/α,β-unsaturated/α-hetero) is 1. The first-order valence-electron chi connectivity index (χ1n) is 19.5. The van der Waals surface area contributed by atoms with Gasteiger partial charge in [0.15, 0.2) is 9.84 Å². The van der Waals surface area contributed by atoms with Gasteiger partial charge >= 0.3 is 6.03 Å². The van der Waals surface area contributed by atoms with Gasteiger partial charge in [-0.15, -0.1) is 0 Å². The summed E-state index contributed by atoms with van der Waals surface area (Å²) in [7, 11) is -3.56. The number of carbonyl (C=O) groups excluding carboxylic acids is 5. The standard InChI is InChI=1S/C38H67N5O7S/c1-9-17-28(31(44)33(46)39-22-10-2)40-32(45)29-23-37(7,8)26(3)24-43(29)34(47)30(27-18-13-11-14-19-27)41-35(48)42-38(20-15-12-16-21-38)25-51(49,50)36(4,5)6/h26-30H,9-25H2,1-8H3,(H,39,46)(H,40,45)(H2,41,42,48)/t26?,28?,29-,30-/m0/s1. The van der Waals surface area contributed by atoms with Gasteiger partial charge in [0.05, 0.1) is 22.1 Å². The van der Waals surface area contributed by atoms with Gasteiger partial charge in [-0.3, -0.25) is 19.2 Å². The summed E-state index contributed by atoms with van der Waals surface area (Å²) in [6, 6.07) is -3.41. The number of nitrogens with zero attached hydrogens (tertiary/aromatic N) is 1. The summed E-state index contributed by atoms with van der Waals surface area (Å²) in [4.78, 5) is 70.2. The average molecular weight is 738 g/mol. The van der Waals surface area contributed by atoms with Gasteiger partial charge in [-0.05, 0) is 83.0 Å². The Morgan fingerprint density at radius 2 is 1.49 bits per heavy atom. The van der Waals surface area contributed by atoms with E-state index >= 15 is 0 Å². The van der Waals surface area contributed by atoms with Crippen molar-refractivity contribution < 1.29 is 32.4 Å². The maximum absolute atomic E-state index is 14.8. The lowest BCUT2D eigenvalue weighted by Crippen LogP contribution is -2.65. The Morgan fingerprint density at radius 1 is 0.882 bits per heavy atom. The molecule has 0 radical (unpaired) electrons. The lowest BCUT2D eigenvalue weighted by molar-refractivity contribution is -0.150. The third-order valence-corrected chi connectivity index (χ3v) is 14.5. The fourth-order valence-electron chi connectivity index (χ4n) is 7.83. The molecule has 3 fully saturated rings. The minimum Gasteiger partial charge on any atom is -0.349 e. The molecule has 0 aromatic rings. The Kier molecular flexibility index (Phi) is 15.0. The molecule has 2 aliphatic carbocycles. The van der Waals surface area contributed by atoms with Crippen LogP contribution in [0, 0.1) is 17.3 Å². The zero-order valence-electron chi connectivity index (χ0n) is 32.6. The summed E-state index contributed by atoms with van der Waals surface area (Å²) >= 11 is 0. The Balaban J connectivity index is 1.92. The molecule has 0 aromatic heterocycles. The SMILES string of the molecule is CCCNC(=O)C(=O)C(CCC)NC(=O)[C@@H]1CC(C)(C)C(C)CN1C(=O)[C@@H](NC(=O)NC1(CS(=O)(=O)C(C)(C)C)CCCCC1)C1CCCCC1. The van der Waals surface area contributed by atoms with Crippen molar-refractivity contribution in [3.63, 3.8) is 0 Å². The zero-order chi connectivity index (χ0) is 38.2. The molecule has 292 valence electrons. The van der Waals surface area contributed by atoms with Crippen molar-refractivity contribution in [1.29, 1.82) is 0 Å². The van der Waals surface area contributed by atoms with Crippen LogP contribution in [0.15, 0.2) is 0 Å². The number of hydrogen-bond acceptors (Lipinski definition) is 7. The number of rotatable bonds is 14. The molecule has 0 bridgehead atoms. The normalized spacial score (nSPS) is 23.7. The highest BCUT2D eigenvalue weighted by Gasteiger charge is 2.48. The van der Waals surface area contributed by atoms with Crippen molar-refractivity contribution in [3.05, 3.63) is 0 Å². The maximum atomic E-state index is 14.8. The van der Waals surface area contributed by atoms with Crippen LogP contribution in [0.25, 0.3) is 0 Å². The molecular weight excluding hydrogens is 671 g/mol. The molecule has 1 aliphatic heterocycles. The summed E-state index contributed by atoms with van der Waals surface area (Å²) in [5.41, 5.74) is -1.25. The Bertz CT molecular complexity index is 1350. The second-order valence-corrected chi connectivity index (χ2v) is 20.0. The highest BCUT2D eigenvalue weighted by atomic mass is 32.2. The number of carbonyl (C=O) groups is 5. The van der Waals surface area contributed by atoms with E-state index in [9.17, 15) is 32.4 Å². The van der Waals surface area contributed by atoms with Crippen molar-refractivity contribution >= 4 is 39.4 Å². The molecule has 4 atom stereocenters. The zero-order valence-corrected chi connectivity index (χ0v) is 33.4. The van der Waals surface area contributed by atoms with Crippen LogP contribution in [0.3, 0.4) is 0 Å². The first kappa shape index (κ1) is 42.7. The van der Waals surface area contributed by atoms with Crippen molar-refractivity contribution in [1.82, 2.24) is 26.2 Å². The summed E-state index contributed by atoms with van der Waals surface area (Å²) in [5, 5.41) is 11.5. The fourth-order valence-corrected chi connectivity index (χ4v) is 9.35. The molecule has 3 aliphatic rings. The third kappa shape index (κ3) is 11.2. The smallest absolute Gasteiger partial charge is 0.315 e. The number of likely N-dealkylation sites (tertiary alicyclic amines) is 1. The van der Waals surface area contributed by atoms with Crippen LogP contribution in [0.2, 0.25) is 0 Å². The molecule has 0 aromatic carbocycles. The minimum atomic E-state index is -3.56. The van der Waals surface area contributed by atoms with Crippen molar-refractivity contribution in [2.24, 2.45) is 17.3 Å². The van der Waals surface area contributed by atoms with Gasteiger partial charge in [-0.1, -0.05) is 79.6 Å². The topological polar surface area (TPSA) is 171 Å². The first-order valence-corrected chi connectivity index (χ1v) is 21.2. The number of amides is 5. The third-order valence-electron chi connectivity index (χ3n) is 11.7. The van der Waals surface area contributed by atoms with E-state index in [0.717, 1.165) is 51.4 Å². The predicted octanol–water partition coefficient (Wildman–Crippen LogP) is 4.79.